The monoisotopic (exact) mass is 424 g/mol. The van der Waals surface area contributed by atoms with Crippen LogP contribution in [0.25, 0.3) is 15.9 Å². The van der Waals surface area contributed by atoms with Gasteiger partial charge in [-0.1, -0.05) is 32.0 Å². The Morgan fingerprint density at radius 1 is 1.20 bits per heavy atom. The number of rotatable bonds is 6. The van der Waals surface area contributed by atoms with Crippen LogP contribution in [0.15, 0.2) is 46.6 Å². The summed E-state index contributed by atoms with van der Waals surface area (Å²) in [5.74, 6) is 1.42. The Hall–Kier alpha value is -2.67. The minimum Gasteiger partial charge on any atom is -0.356 e. The van der Waals surface area contributed by atoms with Crippen molar-refractivity contribution in [3.05, 3.63) is 52.1 Å². The van der Waals surface area contributed by atoms with E-state index < -0.39 is 0 Å². The molecule has 0 unspecified atom stereocenters. The van der Waals surface area contributed by atoms with E-state index >= 15 is 0 Å². The molecule has 0 bridgehead atoms. The zero-order chi connectivity index (χ0) is 21.1. The van der Waals surface area contributed by atoms with Crippen LogP contribution in [0, 0.1) is 11.8 Å². The van der Waals surface area contributed by atoms with E-state index in [2.05, 4.69) is 24.1 Å². The molecule has 3 aromatic rings. The molecule has 1 saturated heterocycles. The molecule has 0 radical (unpaired) electrons. The van der Waals surface area contributed by atoms with E-state index in [-0.39, 0.29) is 17.4 Å². The lowest BCUT2D eigenvalue weighted by atomic mass is 9.96. The van der Waals surface area contributed by atoms with Gasteiger partial charge < -0.3 is 10.2 Å². The Morgan fingerprint density at radius 2 is 1.93 bits per heavy atom. The van der Waals surface area contributed by atoms with Crippen molar-refractivity contribution in [2.75, 3.05) is 24.5 Å². The Morgan fingerprint density at radius 3 is 2.63 bits per heavy atom. The van der Waals surface area contributed by atoms with Gasteiger partial charge in [0.05, 0.1) is 11.2 Å². The lowest BCUT2D eigenvalue weighted by Gasteiger charge is -2.33. The molecule has 30 heavy (non-hydrogen) atoms. The van der Waals surface area contributed by atoms with Gasteiger partial charge in [-0.25, -0.2) is 9.55 Å². The Bertz CT molecular complexity index is 1070. The van der Waals surface area contributed by atoms with Crippen LogP contribution in [0.3, 0.4) is 0 Å². The molecule has 4 rings (SSSR count). The van der Waals surface area contributed by atoms with Gasteiger partial charge >= 0.3 is 0 Å². The summed E-state index contributed by atoms with van der Waals surface area (Å²) in [6.07, 6.45) is 2.53. The van der Waals surface area contributed by atoms with Crippen LogP contribution in [-0.4, -0.2) is 35.1 Å². The molecule has 1 amide bonds. The van der Waals surface area contributed by atoms with E-state index in [1.807, 2.05) is 41.8 Å². The SMILES string of the molecule is CC(C)CCNC(=O)C1CCN(c2nc3ccsc3c(=O)n2-c2ccccc2)CC1. The third-order valence-electron chi connectivity index (χ3n) is 5.65. The highest BCUT2D eigenvalue weighted by Crippen LogP contribution is 2.26. The molecule has 0 aliphatic carbocycles. The van der Waals surface area contributed by atoms with Gasteiger partial charge in [-0.3, -0.25) is 9.59 Å². The van der Waals surface area contributed by atoms with Crippen molar-refractivity contribution in [1.29, 1.82) is 0 Å². The van der Waals surface area contributed by atoms with E-state index in [1.165, 1.54) is 11.3 Å². The maximum atomic E-state index is 13.2. The number of carbonyl (C=O) groups excluding carboxylic acids is 1. The summed E-state index contributed by atoms with van der Waals surface area (Å²) in [5.41, 5.74) is 1.51. The molecule has 0 atom stereocenters. The van der Waals surface area contributed by atoms with Gasteiger partial charge in [0.25, 0.3) is 5.56 Å². The number of hydrogen-bond acceptors (Lipinski definition) is 5. The van der Waals surface area contributed by atoms with Crippen LogP contribution in [0.2, 0.25) is 0 Å². The fraction of sp³-hybridized carbons (Fsp3) is 0.435. The first kappa shape index (κ1) is 20.6. The van der Waals surface area contributed by atoms with Gasteiger partial charge in [-0.15, -0.1) is 11.3 Å². The Balaban J connectivity index is 1.56. The molecule has 1 aliphatic rings. The number of piperidine rings is 1. The molecule has 3 heterocycles. The number of hydrogen-bond donors (Lipinski definition) is 1. The molecular formula is C23H28N4O2S. The minimum absolute atomic E-state index is 0.0233. The summed E-state index contributed by atoms with van der Waals surface area (Å²) in [6.45, 7) is 6.47. The van der Waals surface area contributed by atoms with Gasteiger partial charge in [0.2, 0.25) is 11.9 Å². The Kier molecular flexibility index (Phi) is 6.18. The van der Waals surface area contributed by atoms with Crippen molar-refractivity contribution in [3.8, 4) is 5.69 Å². The molecule has 6 nitrogen and oxygen atoms in total. The first-order valence-corrected chi connectivity index (χ1v) is 11.5. The number of aromatic nitrogens is 2. The second-order valence-electron chi connectivity index (χ2n) is 8.26. The highest BCUT2D eigenvalue weighted by molar-refractivity contribution is 7.17. The number of carbonyl (C=O) groups is 1. The van der Waals surface area contributed by atoms with Crippen LogP contribution in [-0.2, 0) is 4.79 Å². The number of amides is 1. The molecule has 1 N–H and O–H groups in total. The Labute approximate surface area is 180 Å². The van der Waals surface area contributed by atoms with Gasteiger partial charge in [0, 0.05) is 25.6 Å². The number of anilines is 1. The lowest BCUT2D eigenvalue weighted by Crippen LogP contribution is -2.43. The predicted octanol–water partition coefficient (Wildman–Crippen LogP) is 3.83. The summed E-state index contributed by atoms with van der Waals surface area (Å²) in [5, 5.41) is 4.99. The number of benzene rings is 1. The molecule has 1 aliphatic heterocycles. The number of nitrogens with zero attached hydrogens (tertiary/aromatic N) is 3. The first-order valence-electron chi connectivity index (χ1n) is 10.6. The molecule has 0 saturated carbocycles. The average molecular weight is 425 g/mol. The van der Waals surface area contributed by atoms with Crippen LogP contribution < -0.4 is 15.8 Å². The summed E-state index contributed by atoms with van der Waals surface area (Å²) >= 11 is 1.42. The quantitative estimate of drug-likeness (QED) is 0.653. The van der Waals surface area contributed by atoms with E-state index in [0.29, 0.717) is 29.7 Å². The van der Waals surface area contributed by atoms with E-state index in [4.69, 9.17) is 4.98 Å². The summed E-state index contributed by atoms with van der Waals surface area (Å²) in [7, 11) is 0. The molecular weight excluding hydrogens is 396 g/mol. The van der Waals surface area contributed by atoms with Gasteiger partial charge in [0.15, 0.2) is 0 Å². The van der Waals surface area contributed by atoms with Crippen LogP contribution in [0.1, 0.15) is 33.1 Å². The topological polar surface area (TPSA) is 67.2 Å². The molecule has 7 heteroatoms. The summed E-state index contributed by atoms with van der Waals surface area (Å²) in [4.78, 5) is 32.7. The van der Waals surface area contributed by atoms with Crippen LogP contribution in [0.5, 0.6) is 0 Å². The molecule has 1 aromatic carbocycles. The zero-order valence-corrected chi connectivity index (χ0v) is 18.3. The third kappa shape index (κ3) is 4.26. The number of thiophene rings is 1. The maximum absolute atomic E-state index is 13.2. The maximum Gasteiger partial charge on any atom is 0.277 e. The molecule has 158 valence electrons. The van der Waals surface area contributed by atoms with E-state index in [1.54, 1.807) is 4.57 Å². The number of nitrogens with one attached hydrogen (secondary N) is 1. The first-order chi connectivity index (χ1) is 14.5. The highest BCUT2D eigenvalue weighted by Gasteiger charge is 2.28. The van der Waals surface area contributed by atoms with Crippen molar-refractivity contribution in [3.63, 3.8) is 0 Å². The van der Waals surface area contributed by atoms with Crippen LogP contribution >= 0.6 is 11.3 Å². The molecule has 1 fully saturated rings. The number of fused-ring (bicyclic) bond motifs is 1. The minimum atomic E-state index is -0.0373. The second-order valence-corrected chi connectivity index (χ2v) is 9.17. The van der Waals surface area contributed by atoms with Crippen molar-refractivity contribution in [2.45, 2.75) is 33.1 Å². The van der Waals surface area contributed by atoms with Gasteiger partial charge in [0.1, 0.15) is 4.70 Å². The van der Waals surface area contributed by atoms with Gasteiger partial charge in [-0.05, 0) is 48.8 Å². The largest absolute Gasteiger partial charge is 0.356 e. The molecule has 2 aromatic heterocycles. The van der Waals surface area contributed by atoms with Crippen molar-refractivity contribution >= 4 is 33.4 Å². The smallest absolute Gasteiger partial charge is 0.277 e. The van der Waals surface area contributed by atoms with E-state index in [9.17, 15) is 9.59 Å². The second kappa shape index (κ2) is 9.00. The van der Waals surface area contributed by atoms with Crippen LogP contribution in [0.4, 0.5) is 5.95 Å². The average Bonchev–Trinajstić information content (AvgIpc) is 3.23. The number of para-hydroxylation sites is 1. The summed E-state index contributed by atoms with van der Waals surface area (Å²) in [6, 6.07) is 11.6. The predicted molar refractivity (Wildman–Crippen MR) is 123 cm³/mol. The summed E-state index contributed by atoms with van der Waals surface area (Å²) < 4.78 is 2.38. The standard InChI is InChI=1S/C23H28N4O2S/c1-16(2)8-12-24-21(28)17-9-13-26(14-10-17)23-25-19-11-15-30-20(19)22(29)27(23)18-6-4-3-5-7-18/h3-7,11,15-17H,8-10,12-14H2,1-2H3,(H,24,28). The fourth-order valence-corrected chi connectivity index (χ4v) is 4.65. The normalized spacial score (nSPS) is 15.1. The van der Waals surface area contributed by atoms with E-state index in [0.717, 1.165) is 37.0 Å². The fourth-order valence-electron chi connectivity index (χ4n) is 3.89. The lowest BCUT2D eigenvalue weighted by molar-refractivity contribution is -0.125. The molecule has 0 spiro atoms. The third-order valence-corrected chi connectivity index (χ3v) is 6.54. The van der Waals surface area contributed by atoms with Gasteiger partial charge in [-0.2, -0.15) is 0 Å². The van der Waals surface area contributed by atoms with Crippen molar-refractivity contribution in [2.24, 2.45) is 11.8 Å². The van der Waals surface area contributed by atoms with Crippen molar-refractivity contribution in [1.82, 2.24) is 14.9 Å². The zero-order valence-electron chi connectivity index (χ0n) is 17.5. The van der Waals surface area contributed by atoms with Crippen molar-refractivity contribution < 1.29 is 4.79 Å². The highest BCUT2D eigenvalue weighted by atomic mass is 32.1.